The second-order valence-corrected chi connectivity index (χ2v) is 5.03. The van der Waals surface area contributed by atoms with Gasteiger partial charge >= 0.3 is 0 Å². The van der Waals surface area contributed by atoms with E-state index in [1.807, 2.05) is 0 Å². The minimum Gasteiger partial charge on any atom is -0.418 e. The predicted octanol–water partition coefficient (Wildman–Crippen LogP) is 1.31. The van der Waals surface area contributed by atoms with Crippen molar-refractivity contribution in [1.29, 1.82) is 0 Å². The zero-order valence-corrected chi connectivity index (χ0v) is 10.7. The van der Waals surface area contributed by atoms with E-state index >= 15 is 0 Å². The van der Waals surface area contributed by atoms with Crippen molar-refractivity contribution in [2.45, 2.75) is 32.9 Å². The Kier molecular flexibility index (Phi) is 3.29. The zero-order valence-electron chi connectivity index (χ0n) is 10.7. The monoisotopic (exact) mass is 248 g/mol. The van der Waals surface area contributed by atoms with Gasteiger partial charge in [-0.2, -0.15) is 0 Å². The van der Waals surface area contributed by atoms with Crippen molar-refractivity contribution in [1.82, 2.24) is 20.5 Å². The van der Waals surface area contributed by atoms with Gasteiger partial charge in [-0.15, -0.1) is 10.2 Å². The number of aromatic nitrogens is 3. The first-order valence-electron chi connectivity index (χ1n) is 5.71. The van der Waals surface area contributed by atoms with E-state index in [0.29, 0.717) is 24.0 Å². The third-order valence-corrected chi connectivity index (χ3v) is 2.24. The Morgan fingerprint density at radius 3 is 2.78 bits per heavy atom. The molecule has 96 valence electrons. The highest BCUT2D eigenvalue weighted by Crippen LogP contribution is 2.13. The first-order chi connectivity index (χ1) is 8.44. The number of hydrogen-bond donors (Lipinski definition) is 2. The van der Waals surface area contributed by atoms with Crippen LogP contribution in [0.3, 0.4) is 0 Å². The van der Waals surface area contributed by atoms with Crippen LogP contribution in [-0.4, -0.2) is 20.7 Å². The van der Waals surface area contributed by atoms with E-state index in [0.717, 1.165) is 0 Å². The molecular weight excluding hydrogens is 232 g/mol. The van der Waals surface area contributed by atoms with Crippen molar-refractivity contribution in [3.05, 3.63) is 34.4 Å². The second kappa shape index (κ2) is 4.73. The molecule has 0 fully saturated rings. The summed E-state index contributed by atoms with van der Waals surface area (Å²) in [5.74, 6) is 0.808. The van der Waals surface area contributed by atoms with Crippen LogP contribution in [0.15, 0.2) is 27.4 Å². The molecule has 2 rings (SSSR count). The van der Waals surface area contributed by atoms with Crippen LogP contribution in [0.5, 0.6) is 0 Å². The van der Waals surface area contributed by atoms with E-state index < -0.39 is 0 Å². The molecule has 0 saturated carbocycles. The molecule has 6 heteroatoms. The van der Waals surface area contributed by atoms with Gasteiger partial charge in [0.25, 0.3) is 5.89 Å². The highest BCUT2D eigenvalue weighted by atomic mass is 16.4. The minimum absolute atomic E-state index is 0.0182. The van der Waals surface area contributed by atoms with Crippen LogP contribution < -0.4 is 10.9 Å². The summed E-state index contributed by atoms with van der Waals surface area (Å²) in [6, 6.07) is 4.79. The van der Waals surface area contributed by atoms with E-state index in [1.54, 1.807) is 12.1 Å². The lowest BCUT2D eigenvalue weighted by Crippen LogP contribution is -2.35. The molecule has 0 unspecified atom stereocenters. The molecule has 0 spiro atoms. The Hall–Kier alpha value is -1.95. The van der Waals surface area contributed by atoms with Crippen molar-refractivity contribution >= 4 is 0 Å². The number of hydrogen-bond acceptors (Lipinski definition) is 5. The molecule has 0 atom stereocenters. The molecule has 2 aromatic heterocycles. The molecule has 0 aliphatic heterocycles. The summed E-state index contributed by atoms with van der Waals surface area (Å²) in [6.07, 6.45) is 0. The molecule has 0 saturated heterocycles. The van der Waals surface area contributed by atoms with Crippen LogP contribution in [0, 0.1) is 0 Å². The fourth-order valence-electron chi connectivity index (χ4n) is 1.35. The van der Waals surface area contributed by atoms with Crippen LogP contribution in [0.2, 0.25) is 0 Å². The van der Waals surface area contributed by atoms with Gasteiger partial charge < -0.3 is 14.7 Å². The Balaban J connectivity index is 2.13. The van der Waals surface area contributed by atoms with E-state index in [1.165, 1.54) is 6.07 Å². The molecule has 0 aliphatic carbocycles. The van der Waals surface area contributed by atoms with Gasteiger partial charge in [0.05, 0.1) is 6.54 Å². The Labute approximate surface area is 104 Å². The summed E-state index contributed by atoms with van der Waals surface area (Å²) >= 11 is 0. The van der Waals surface area contributed by atoms with Crippen molar-refractivity contribution < 1.29 is 4.42 Å². The predicted molar refractivity (Wildman–Crippen MR) is 66.9 cm³/mol. The van der Waals surface area contributed by atoms with E-state index in [9.17, 15) is 4.79 Å². The number of nitrogens with one attached hydrogen (secondary N) is 2. The summed E-state index contributed by atoms with van der Waals surface area (Å²) in [4.78, 5) is 13.8. The quantitative estimate of drug-likeness (QED) is 0.855. The normalized spacial score (nSPS) is 11.7. The third-order valence-electron chi connectivity index (χ3n) is 2.24. The Morgan fingerprint density at radius 2 is 2.11 bits per heavy atom. The standard InChI is InChI=1S/C12H16N4O2/c1-12(2,3)13-7-10-15-16-11(18-10)8-5-4-6-9(17)14-8/h4-6,13H,7H2,1-3H3,(H,14,17). The molecule has 18 heavy (non-hydrogen) atoms. The highest BCUT2D eigenvalue weighted by Gasteiger charge is 2.13. The Morgan fingerprint density at radius 1 is 1.33 bits per heavy atom. The summed E-state index contributed by atoms with van der Waals surface area (Å²) in [5, 5.41) is 11.1. The maximum atomic E-state index is 11.2. The first kappa shape index (κ1) is 12.5. The number of pyridine rings is 1. The Bertz CT molecular complexity index is 580. The average Bonchev–Trinajstić information content (AvgIpc) is 2.74. The molecule has 2 heterocycles. The van der Waals surface area contributed by atoms with Gasteiger partial charge in [-0.3, -0.25) is 4.79 Å². The molecule has 0 aliphatic rings. The summed E-state index contributed by atoms with van der Waals surface area (Å²) < 4.78 is 5.47. The molecule has 0 radical (unpaired) electrons. The first-order valence-corrected chi connectivity index (χ1v) is 5.71. The smallest absolute Gasteiger partial charge is 0.264 e. The van der Waals surface area contributed by atoms with Crippen molar-refractivity contribution in [2.24, 2.45) is 0 Å². The maximum Gasteiger partial charge on any atom is 0.264 e. The number of nitrogens with zero attached hydrogens (tertiary/aromatic N) is 2. The van der Waals surface area contributed by atoms with Crippen molar-refractivity contribution in [2.75, 3.05) is 0 Å². The van der Waals surface area contributed by atoms with Crippen LogP contribution in [0.4, 0.5) is 0 Å². The summed E-state index contributed by atoms with van der Waals surface area (Å²) in [7, 11) is 0. The van der Waals surface area contributed by atoms with Crippen LogP contribution in [0.25, 0.3) is 11.6 Å². The lowest BCUT2D eigenvalue weighted by atomic mass is 10.1. The summed E-state index contributed by atoms with van der Waals surface area (Å²) in [6.45, 7) is 6.66. The van der Waals surface area contributed by atoms with Gasteiger partial charge in [-0.05, 0) is 26.8 Å². The minimum atomic E-state index is -0.194. The second-order valence-electron chi connectivity index (χ2n) is 5.03. The lowest BCUT2D eigenvalue weighted by molar-refractivity contribution is 0.383. The van der Waals surface area contributed by atoms with Gasteiger partial charge in [0, 0.05) is 11.6 Å². The molecular formula is C12H16N4O2. The van der Waals surface area contributed by atoms with Gasteiger partial charge in [-0.1, -0.05) is 6.07 Å². The topological polar surface area (TPSA) is 83.8 Å². The zero-order chi connectivity index (χ0) is 13.2. The van der Waals surface area contributed by atoms with Crippen LogP contribution in [0.1, 0.15) is 26.7 Å². The van der Waals surface area contributed by atoms with Crippen LogP contribution in [-0.2, 0) is 6.54 Å². The largest absolute Gasteiger partial charge is 0.418 e. The third kappa shape index (κ3) is 3.27. The van der Waals surface area contributed by atoms with Crippen molar-refractivity contribution in [3.8, 4) is 11.6 Å². The van der Waals surface area contributed by atoms with Crippen molar-refractivity contribution in [3.63, 3.8) is 0 Å². The van der Waals surface area contributed by atoms with E-state index in [-0.39, 0.29) is 11.1 Å². The summed E-state index contributed by atoms with van der Waals surface area (Å²) in [5.41, 5.74) is 0.312. The van der Waals surface area contributed by atoms with Gasteiger partial charge in [-0.25, -0.2) is 0 Å². The van der Waals surface area contributed by atoms with E-state index in [4.69, 9.17) is 4.42 Å². The SMILES string of the molecule is CC(C)(C)NCc1nnc(-c2cccc(=O)[nH]2)o1. The average molecular weight is 248 g/mol. The van der Waals surface area contributed by atoms with Gasteiger partial charge in [0.2, 0.25) is 11.4 Å². The van der Waals surface area contributed by atoms with Gasteiger partial charge in [0.1, 0.15) is 5.69 Å². The number of H-pyrrole nitrogens is 1. The molecule has 0 bridgehead atoms. The lowest BCUT2D eigenvalue weighted by Gasteiger charge is -2.18. The number of aromatic amines is 1. The van der Waals surface area contributed by atoms with E-state index in [2.05, 4.69) is 41.3 Å². The number of rotatable bonds is 3. The highest BCUT2D eigenvalue weighted by molar-refractivity contribution is 5.44. The molecule has 0 aromatic carbocycles. The fraction of sp³-hybridized carbons (Fsp3) is 0.417. The molecule has 6 nitrogen and oxygen atoms in total. The van der Waals surface area contributed by atoms with Gasteiger partial charge in [0.15, 0.2) is 0 Å². The van der Waals surface area contributed by atoms with Crippen LogP contribution >= 0.6 is 0 Å². The molecule has 2 aromatic rings. The molecule has 2 N–H and O–H groups in total. The molecule has 0 amide bonds. The maximum absolute atomic E-state index is 11.2. The fourth-order valence-corrected chi connectivity index (χ4v) is 1.35.